The maximum absolute atomic E-state index is 5.46. The third kappa shape index (κ3) is 6.32. The van der Waals surface area contributed by atoms with E-state index in [9.17, 15) is 0 Å². The van der Waals surface area contributed by atoms with Gasteiger partial charge in [0.05, 0.1) is 6.10 Å². The summed E-state index contributed by atoms with van der Waals surface area (Å²) >= 11 is 0. The minimum Gasteiger partial charge on any atom is -0.365 e. The third-order valence-corrected chi connectivity index (χ3v) is 2.27. The molecule has 0 radical (unpaired) electrons. The van der Waals surface area contributed by atoms with Crippen LogP contribution in [0.1, 0.15) is 26.2 Å². The number of hydrogen-bond acceptors (Lipinski definition) is 1. The fourth-order valence-corrected chi connectivity index (χ4v) is 1.37. The van der Waals surface area contributed by atoms with Crippen LogP contribution >= 0.6 is 0 Å². The van der Waals surface area contributed by atoms with Crippen molar-refractivity contribution in [3.63, 3.8) is 0 Å². The molecule has 1 rings (SSSR count). The molecule has 1 heterocycles. The van der Waals surface area contributed by atoms with Gasteiger partial charge in [-0.05, 0) is 62.0 Å². The first-order chi connectivity index (χ1) is 8.38. The van der Waals surface area contributed by atoms with Gasteiger partial charge < -0.3 is 4.74 Å². The number of rotatable bonds is 5. The van der Waals surface area contributed by atoms with E-state index in [0.717, 1.165) is 19.3 Å². The summed E-state index contributed by atoms with van der Waals surface area (Å²) in [4.78, 5) is 0. The average molecular weight is 224 g/mol. The summed E-state index contributed by atoms with van der Waals surface area (Å²) < 4.78 is 5.46. The summed E-state index contributed by atoms with van der Waals surface area (Å²) in [7, 11) is 0. The van der Waals surface area contributed by atoms with Crippen LogP contribution in [0.2, 0.25) is 0 Å². The van der Waals surface area contributed by atoms with Crippen molar-refractivity contribution in [3.8, 4) is 35.5 Å². The molecule has 1 nitrogen and oxygen atoms in total. The van der Waals surface area contributed by atoms with Crippen molar-refractivity contribution < 1.29 is 4.74 Å². The molecule has 0 N–H and O–H groups in total. The molecule has 1 saturated heterocycles. The van der Waals surface area contributed by atoms with E-state index in [-0.39, 0.29) is 6.10 Å². The van der Waals surface area contributed by atoms with Crippen LogP contribution in [0.3, 0.4) is 0 Å². The predicted octanol–water partition coefficient (Wildman–Crippen LogP) is 2.70. The van der Waals surface area contributed by atoms with Crippen molar-refractivity contribution in [1.82, 2.24) is 0 Å². The smallest absolute Gasteiger partial charge is 0.103 e. The average Bonchev–Trinajstić information content (AvgIpc) is 3.07. The molecule has 1 fully saturated rings. The Balaban J connectivity index is 2.17. The van der Waals surface area contributed by atoms with Crippen LogP contribution in [0.25, 0.3) is 0 Å². The van der Waals surface area contributed by atoms with E-state index < -0.39 is 0 Å². The van der Waals surface area contributed by atoms with E-state index >= 15 is 0 Å². The third-order valence-electron chi connectivity index (χ3n) is 2.27. The summed E-state index contributed by atoms with van der Waals surface area (Å²) in [5.74, 6) is 16.1. The van der Waals surface area contributed by atoms with Gasteiger partial charge in [-0.25, -0.2) is 0 Å². The lowest BCUT2D eigenvalue weighted by molar-refractivity contribution is 0.376. The zero-order valence-corrected chi connectivity index (χ0v) is 10.1. The second-order valence-electron chi connectivity index (χ2n) is 3.61. The van der Waals surface area contributed by atoms with Crippen LogP contribution in [0.15, 0.2) is 24.8 Å². The molecule has 0 saturated carbocycles. The molecular formula is C16H16O. The van der Waals surface area contributed by atoms with Gasteiger partial charge in [-0.2, -0.15) is 0 Å². The lowest BCUT2D eigenvalue weighted by Gasteiger charge is -1.89. The van der Waals surface area contributed by atoms with Crippen molar-refractivity contribution in [1.29, 1.82) is 0 Å². The van der Waals surface area contributed by atoms with Gasteiger partial charge >= 0.3 is 0 Å². The number of epoxide rings is 1. The Morgan fingerprint density at radius 1 is 1.24 bits per heavy atom. The van der Waals surface area contributed by atoms with Crippen molar-refractivity contribution in [2.45, 2.75) is 38.4 Å². The van der Waals surface area contributed by atoms with E-state index in [2.05, 4.69) is 42.1 Å². The van der Waals surface area contributed by atoms with Gasteiger partial charge in [0, 0.05) is 0 Å². The molecule has 1 aliphatic rings. The number of ether oxygens (including phenoxy) is 1. The van der Waals surface area contributed by atoms with Crippen molar-refractivity contribution in [2.75, 3.05) is 0 Å². The number of unbranched alkanes of at least 4 members (excludes halogenated alkanes) is 1. The summed E-state index contributed by atoms with van der Waals surface area (Å²) in [5, 5.41) is 0. The van der Waals surface area contributed by atoms with Gasteiger partial charge in [0.2, 0.25) is 0 Å². The quantitative estimate of drug-likeness (QED) is 0.303. The first kappa shape index (κ1) is 13.2. The summed E-state index contributed by atoms with van der Waals surface area (Å²) in [5.41, 5.74) is 0. The molecule has 17 heavy (non-hydrogen) atoms. The molecule has 0 aromatic heterocycles. The topological polar surface area (TPSA) is 12.5 Å². The van der Waals surface area contributed by atoms with E-state index in [0.29, 0.717) is 6.10 Å². The Kier molecular flexibility index (Phi) is 6.43. The SMILES string of the molecule is C=CCCC[C@H]1O[C@@H]1/C=C/C#CC#CC#CC. The lowest BCUT2D eigenvalue weighted by atomic mass is 10.1. The Labute approximate surface area is 104 Å². The molecule has 0 aliphatic carbocycles. The van der Waals surface area contributed by atoms with Gasteiger partial charge in [0.15, 0.2) is 0 Å². The summed E-state index contributed by atoms with van der Waals surface area (Å²) in [6.07, 6.45) is 9.65. The minimum atomic E-state index is 0.248. The normalized spacial score (nSPS) is 20.3. The van der Waals surface area contributed by atoms with Gasteiger partial charge in [0.25, 0.3) is 0 Å². The molecule has 2 atom stereocenters. The highest BCUT2D eigenvalue weighted by molar-refractivity contribution is 5.37. The lowest BCUT2D eigenvalue weighted by Crippen LogP contribution is -1.89. The fraction of sp³-hybridized carbons (Fsp3) is 0.375. The maximum Gasteiger partial charge on any atom is 0.103 e. The molecule has 86 valence electrons. The summed E-state index contributed by atoms with van der Waals surface area (Å²) in [6.45, 7) is 5.44. The minimum absolute atomic E-state index is 0.248. The standard InChI is InChI=1S/C16H16O/c1-3-5-7-8-9-10-12-14-16-15(17-16)13-11-6-4-2/h4,12,14-16H,2,6,11,13H2,1H3/b14-12+/t15-,16-/m1/s1. The van der Waals surface area contributed by atoms with Crippen LogP contribution in [0.4, 0.5) is 0 Å². The fourth-order valence-electron chi connectivity index (χ4n) is 1.37. The Hall–Kier alpha value is -1.88. The molecule has 0 amide bonds. The van der Waals surface area contributed by atoms with Crippen LogP contribution in [-0.4, -0.2) is 12.2 Å². The van der Waals surface area contributed by atoms with E-state index in [1.54, 1.807) is 13.0 Å². The maximum atomic E-state index is 5.46. The number of hydrogen-bond donors (Lipinski definition) is 0. The van der Waals surface area contributed by atoms with Crippen molar-refractivity contribution >= 4 is 0 Å². The molecular weight excluding hydrogens is 208 g/mol. The molecule has 0 spiro atoms. The van der Waals surface area contributed by atoms with E-state index in [1.165, 1.54) is 0 Å². The van der Waals surface area contributed by atoms with Gasteiger partial charge in [0.1, 0.15) is 6.10 Å². The van der Waals surface area contributed by atoms with Crippen LogP contribution < -0.4 is 0 Å². The summed E-state index contributed by atoms with van der Waals surface area (Å²) in [6, 6.07) is 0. The monoisotopic (exact) mass is 224 g/mol. The highest BCUT2D eigenvalue weighted by Crippen LogP contribution is 2.27. The van der Waals surface area contributed by atoms with Crippen LogP contribution in [0.5, 0.6) is 0 Å². The molecule has 0 aromatic rings. The molecule has 1 aliphatic heterocycles. The second kappa shape index (κ2) is 8.29. The largest absolute Gasteiger partial charge is 0.365 e. The van der Waals surface area contributed by atoms with Crippen molar-refractivity contribution in [3.05, 3.63) is 24.8 Å². The predicted molar refractivity (Wildman–Crippen MR) is 70.9 cm³/mol. The Morgan fingerprint density at radius 3 is 2.82 bits per heavy atom. The molecule has 0 bridgehead atoms. The highest BCUT2D eigenvalue weighted by Gasteiger charge is 2.35. The second-order valence-corrected chi connectivity index (χ2v) is 3.61. The first-order valence-electron chi connectivity index (χ1n) is 5.73. The van der Waals surface area contributed by atoms with Gasteiger partial charge in [-0.1, -0.05) is 17.9 Å². The van der Waals surface area contributed by atoms with Crippen LogP contribution in [-0.2, 0) is 4.74 Å². The molecule has 0 aromatic carbocycles. The van der Waals surface area contributed by atoms with E-state index in [4.69, 9.17) is 4.74 Å². The van der Waals surface area contributed by atoms with Crippen LogP contribution in [0, 0.1) is 35.5 Å². The van der Waals surface area contributed by atoms with E-state index in [1.807, 2.05) is 12.2 Å². The highest BCUT2D eigenvalue weighted by atomic mass is 16.6. The Morgan fingerprint density at radius 2 is 2.06 bits per heavy atom. The zero-order valence-electron chi connectivity index (χ0n) is 10.1. The van der Waals surface area contributed by atoms with Crippen molar-refractivity contribution in [2.24, 2.45) is 0 Å². The number of allylic oxidation sites excluding steroid dienone is 2. The molecule has 1 heteroatoms. The van der Waals surface area contributed by atoms with Gasteiger partial charge in [-0.15, -0.1) is 6.58 Å². The zero-order chi connectivity index (χ0) is 12.3. The molecule has 0 unspecified atom stereocenters. The van der Waals surface area contributed by atoms with Gasteiger partial charge in [-0.3, -0.25) is 0 Å². The Bertz CT molecular complexity index is 451. The first-order valence-corrected chi connectivity index (χ1v) is 5.73.